The molecule has 0 aliphatic carbocycles. The van der Waals surface area contributed by atoms with E-state index in [9.17, 15) is 5.11 Å². The molecule has 0 fully saturated rings. The molecule has 0 aliphatic heterocycles. The van der Waals surface area contributed by atoms with Crippen LogP contribution >= 0.6 is 0 Å². The fourth-order valence-corrected chi connectivity index (χ4v) is 2.09. The zero-order valence-corrected chi connectivity index (χ0v) is 10.9. The number of hydrogen-bond donors (Lipinski definition) is 0. The van der Waals surface area contributed by atoms with E-state index >= 15 is 0 Å². The van der Waals surface area contributed by atoms with E-state index in [2.05, 4.69) is 20.8 Å². The molecule has 0 spiro atoms. The normalized spacial score (nSPS) is 13.4. The Morgan fingerprint density at radius 3 is 1.53 bits per heavy atom. The third-order valence-electron chi connectivity index (χ3n) is 3.22. The second kappa shape index (κ2) is 10.5. The maximum Gasteiger partial charge on any atom is 0.0958 e. The molecule has 1 heteroatoms. The highest BCUT2D eigenvalue weighted by molar-refractivity contribution is 4.69. The van der Waals surface area contributed by atoms with Gasteiger partial charge in [0.2, 0.25) is 0 Å². The summed E-state index contributed by atoms with van der Waals surface area (Å²) < 4.78 is 0. The molecule has 1 nitrogen and oxygen atoms in total. The van der Waals surface area contributed by atoms with Crippen LogP contribution in [0.4, 0.5) is 0 Å². The molecule has 0 rings (SSSR count). The molecule has 0 amide bonds. The van der Waals surface area contributed by atoms with E-state index in [1.165, 1.54) is 25.7 Å². The van der Waals surface area contributed by atoms with Crippen LogP contribution in [0.3, 0.4) is 0 Å². The van der Waals surface area contributed by atoms with Gasteiger partial charge in [0.15, 0.2) is 0 Å². The van der Waals surface area contributed by atoms with E-state index in [0.717, 1.165) is 32.1 Å². The summed E-state index contributed by atoms with van der Waals surface area (Å²) in [7, 11) is 0. The van der Waals surface area contributed by atoms with Crippen LogP contribution in [0.2, 0.25) is 0 Å². The van der Waals surface area contributed by atoms with Crippen molar-refractivity contribution < 1.29 is 5.11 Å². The minimum atomic E-state index is -0.289. The first-order valence-electron chi connectivity index (χ1n) is 6.92. The van der Waals surface area contributed by atoms with Gasteiger partial charge in [0, 0.05) is 0 Å². The van der Waals surface area contributed by atoms with Gasteiger partial charge in [-0.3, -0.25) is 0 Å². The largest absolute Gasteiger partial charge is 0.233 e. The Morgan fingerprint density at radius 1 is 0.733 bits per heavy atom. The van der Waals surface area contributed by atoms with Gasteiger partial charge >= 0.3 is 0 Å². The summed E-state index contributed by atoms with van der Waals surface area (Å²) in [4.78, 5) is 0. The van der Waals surface area contributed by atoms with Crippen molar-refractivity contribution in [3.05, 3.63) is 0 Å². The van der Waals surface area contributed by atoms with Crippen LogP contribution in [-0.2, 0) is 5.11 Å². The molecule has 0 bridgehead atoms. The molecule has 0 saturated heterocycles. The standard InChI is InChI=1S/C14H29O/c1-4-7-10-13(11-8-5-2)14(15)12-9-6-3/h13-14H,4-12H2,1-3H3. The third-order valence-corrected chi connectivity index (χ3v) is 3.22. The maximum absolute atomic E-state index is 12.0. The lowest BCUT2D eigenvalue weighted by molar-refractivity contribution is 0.0196. The van der Waals surface area contributed by atoms with Crippen LogP contribution in [0.1, 0.15) is 78.6 Å². The predicted octanol–water partition coefficient (Wildman–Crippen LogP) is 4.97. The fourth-order valence-electron chi connectivity index (χ4n) is 2.09. The summed E-state index contributed by atoms with van der Waals surface area (Å²) in [6.45, 7) is 6.59. The van der Waals surface area contributed by atoms with Gasteiger partial charge in [-0.15, -0.1) is 0 Å². The summed E-state index contributed by atoms with van der Waals surface area (Å²) in [6, 6.07) is 0. The zero-order chi connectivity index (χ0) is 11.5. The topological polar surface area (TPSA) is 19.9 Å². The lowest BCUT2D eigenvalue weighted by Gasteiger charge is -2.20. The Balaban J connectivity index is 3.84. The summed E-state index contributed by atoms with van der Waals surface area (Å²) in [5.41, 5.74) is 0. The fraction of sp³-hybridized carbons (Fsp3) is 1.00. The Morgan fingerprint density at radius 2 is 1.13 bits per heavy atom. The number of unbranched alkanes of at least 4 members (excludes halogenated alkanes) is 3. The number of rotatable bonds is 10. The molecule has 1 atom stereocenters. The van der Waals surface area contributed by atoms with Crippen molar-refractivity contribution in [2.24, 2.45) is 5.92 Å². The zero-order valence-electron chi connectivity index (χ0n) is 10.9. The highest BCUT2D eigenvalue weighted by atomic mass is 16.3. The highest BCUT2D eigenvalue weighted by Crippen LogP contribution is 2.23. The van der Waals surface area contributed by atoms with Crippen molar-refractivity contribution in [1.82, 2.24) is 0 Å². The molecule has 1 radical (unpaired) electrons. The van der Waals surface area contributed by atoms with E-state index < -0.39 is 0 Å². The van der Waals surface area contributed by atoms with Gasteiger partial charge in [-0.1, -0.05) is 59.3 Å². The molecule has 15 heavy (non-hydrogen) atoms. The first-order chi connectivity index (χ1) is 7.26. The SMILES string of the molecule is CCCCC([O])C(CCCC)CCCC. The smallest absolute Gasteiger partial charge is 0.0958 e. The van der Waals surface area contributed by atoms with Crippen molar-refractivity contribution in [1.29, 1.82) is 0 Å². The van der Waals surface area contributed by atoms with Crippen molar-refractivity contribution in [2.45, 2.75) is 84.7 Å². The minimum absolute atomic E-state index is 0.289. The highest BCUT2D eigenvalue weighted by Gasteiger charge is 2.18. The molecule has 0 N–H and O–H groups in total. The molecule has 0 aromatic carbocycles. The van der Waals surface area contributed by atoms with Crippen LogP contribution in [-0.4, -0.2) is 6.10 Å². The average molecular weight is 213 g/mol. The molecule has 0 aromatic rings. The summed E-state index contributed by atoms with van der Waals surface area (Å²) in [6.07, 6.45) is 10.1. The number of hydrogen-bond acceptors (Lipinski definition) is 0. The van der Waals surface area contributed by atoms with Crippen molar-refractivity contribution >= 4 is 0 Å². The van der Waals surface area contributed by atoms with E-state index in [1.54, 1.807) is 0 Å². The van der Waals surface area contributed by atoms with Crippen molar-refractivity contribution in [2.75, 3.05) is 0 Å². The maximum atomic E-state index is 12.0. The first-order valence-corrected chi connectivity index (χ1v) is 6.92. The quantitative estimate of drug-likeness (QED) is 0.488. The Hall–Kier alpha value is -0.0400. The van der Waals surface area contributed by atoms with Gasteiger partial charge in [-0.2, -0.15) is 0 Å². The summed E-state index contributed by atoms with van der Waals surface area (Å²) in [5, 5.41) is 12.0. The first kappa shape index (κ1) is 15.0. The third kappa shape index (κ3) is 7.84. The van der Waals surface area contributed by atoms with E-state index in [0.29, 0.717) is 5.92 Å². The van der Waals surface area contributed by atoms with Gasteiger partial charge in [-0.05, 0) is 25.2 Å². The van der Waals surface area contributed by atoms with Crippen LogP contribution in [0.5, 0.6) is 0 Å². The van der Waals surface area contributed by atoms with E-state index in [1.807, 2.05) is 0 Å². The van der Waals surface area contributed by atoms with Gasteiger partial charge in [0.25, 0.3) is 0 Å². The monoisotopic (exact) mass is 213 g/mol. The van der Waals surface area contributed by atoms with Gasteiger partial charge in [-0.25, -0.2) is 5.11 Å². The molecule has 0 saturated carbocycles. The second-order valence-electron chi connectivity index (χ2n) is 4.73. The molecular formula is C14H29O. The molecule has 0 aromatic heterocycles. The average Bonchev–Trinajstić information content (AvgIpc) is 2.26. The Labute approximate surface area is 96.3 Å². The molecule has 0 heterocycles. The van der Waals surface area contributed by atoms with E-state index in [4.69, 9.17) is 0 Å². The molecular weight excluding hydrogens is 184 g/mol. The second-order valence-corrected chi connectivity index (χ2v) is 4.73. The lowest BCUT2D eigenvalue weighted by atomic mass is 9.88. The predicted molar refractivity (Wildman–Crippen MR) is 66.5 cm³/mol. The van der Waals surface area contributed by atoms with Gasteiger partial charge in [0.1, 0.15) is 0 Å². The summed E-state index contributed by atoms with van der Waals surface area (Å²) >= 11 is 0. The minimum Gasteiger partial charge on any atom is -0.233 e. The van der Waals surface area contributed by atoms with Gasteiger partial charge < -0.3 is 0 Å². The Kier molecular flexibility index (Phi) is 10.4. The van der Waals surface area contributed by atoms with Crippen LogP contribution in [0, 0.1) is 5.92 Å². The van der Waals surface area contributed by atoms with Crippen LogP contribution in [0.25, 0.3) is 0 Å². The molecule has 0 aliphatic rings. The van der Waals surface area contributed by atoms with Crippen LogP contribution < -0.4 is 0 Å². The summed E-state index contributed by atoms with van der Waals surface area (Å²) in [5.74, 6) is 0.455. The lowest BCUT2D eigenvalue weighted by Crippen LogP contribution is -2.19. The van der Waals surface area contributed by atoms with Crippen molar-refractivity contribution in [3.8, 4) is 0 Å². The molecule has 91 valence electrons. The molecule has 1 unspecified atom stereocenters. The van der Waals surface area contributed by atoms with Crippen molar-refractivity contribution in [3.63, 3.8) is 0 Å². The van der Waals surface area contributed by atoms with Crippen LogP contribution in [0.15, 0.2) is 0 Å². The Bertz CT molecular complexity index is 115. The van der Waals surface area contributed by atoms with Gasteiger partial charge in [0.05, 0.1) is 6.10 Å². The van der Waals surface area contributed by atoms with E-state index in [-0.39, 0.29) is 6.10 Å².